The molecule has 6 heteroatoms. The number of likely N-dealkylation sites (N-methyl/N-ethyl adjacent to an activating group) is 1. The minimum absolute atomic E-state index is 0.132. The highest BCUT2D eigenvalue weighted by Crippen LogP contribution is 2.07. The highest BCUT2D eigenvalue weighted by atomic mass is 16.4. The summed E-state index contributed by atoms with van der Waals surface area (Å²) >= 11 is 0. The number of rotatable bonds is 6. The van der Waals surface area contributed by atoms with Crippen LogP contribution < -0.4 is 5.32 Å². The van der Waals surface area contributed by atoms with E-state index in [1.165, 1.54) is 11.9 Å². The van der Waals surface area contributed by atoms with Gasteiger partial charge in [-0.2, -0.15) is 0 Å². The maximum atomic E-state index is 11.8. The van der Waals surface area contributed by atoms with Crippen molar-refractivity contribution in [1.29, 1.82) is 0 Å². The van der Waals surface area contributed by atoms with Crippen LogP contribution in [0.25, 0.3) is 0 Å². The van der Waals surface area contributed by atoms with Crippen molar-refractivity contribution in [3.8, 4) is 0 Å². The third kappa shape index (κ3) is 7.11. The Bertz CT molecular complexity index is 297. The summed E-state index contributed by atoms with van der Waals surface area (Å²) in [5.74, 6) is -0.875. The lowest BCUT2D eigenvalue weighted by molar-refractivity contribution is -0.139. The molecule has 0 aromatic carbocycles. The average Bonchev–Trinajstić information content (AvgIpc) is 2.12. The summed E-state index contributed by atoms with van der Waals surface area (Å²) in [5, 5.41) is 21.0. The molecule has 0 fully saturated rings. The van der Waals surface area contributed by atoms with Gasteiger partial charge >= 0.3 is 12.0 Å². The highest BCUT2D eigenvalue weighted by Gasteiger charge is 2.25. The van der Waals surface area contributed by atoms with Gasteiger partial charge in [-0.15, -0.1) is 0 Å². The van der Waals surface area contributed by atoms with Gasteiger partial charge in [0.1, 0.15) is 6.04 Å². The number of aliphatic carboxylic acids is 1. The van der Waals surface area contributed by atoms with E-state index in [9.17, 15) is 14.7 Å². The number of carboxylic acids is 1. The van der Waals surface area contributed by atoms with E-state index in [0.717, 1.165) is 0 Å². The Morgan fingerprint density at radius 1 is 1.33 bits per heavy atom. The fourth-order valence-corrected chi connectivity index (χ4v) is 1.60. The molecule has 0 saturated carbocycles. The minimum Gasteiger partial charge on any atom is -0.480 e. The van der Waals surface area contributed by atoms with Crippen LogP contribution in [0.2, 0.25) is 0 Å². The molecule has 6 nitrogen and oxygen atoms in total. The van der Waals surface area contributed by atoms with Crippen LogP contribution in [0.15, 0.2) is 0 Å². The molecule has 1 atom stereocenters. The summed E-state index contributed by atoms with van der Waals surface area (Å²) in [4.78, 5) is 24.0. The molecule has 0 aliphatic rings. The number of carboxylic acid groups (broad SMARTS) is 1. The molecule has 0 saturated heterocycles. The van der Waals surface area contributed by atoms with Crippen LogP contribution in [0.4, 0.5) is 4.79 Å². The molecule has 0 heterocycles. The Balaban J connectivity index is 4.46. The Morgan fingerprint density at radius 2 is 1.83 bits per heavy atom. The lowest BCUT2D eigenvalue weighted by Crippen LogP contribution is -2.50. The predicted octanol–water partition coefficient (Wildman–Crippen LogP) is 0.898. The van der Waals surface area contributed by atoms with Gasteiger partial charge in [0, 0.05) is 7.05 Å². The third-order valence-corrected chi connectivity index (χ3v) is 2.27. The lowest BCUT2D eigenvalue weighted by atomic mass is 10.0. The van der Waals surface area contributed by atoms with Gasteiger partial charge in [0.25, 0.3) is 0 Å². The topological polar surface area (TPSA) is 89.9 Å². The first kappa shape index (κ1) is 16.7. The van der Waals surface area contributed by atoms with E-state index in [4.69, 9.17) is 5.11 Å². The Labute approximate surface area is 108 Å². The molecule has 106 valence electrons. The van der Waals surface area contributed by atoms with Crippen molar-refractivity contribution >= 4 is 12.0 Å². The number of carbonyl (C=O) groups is 2. The average molecular weight is 260 g/mol. The van der Waals surface area contributed by atoms with Crippen molar-refractivity contribution in [1.82, 2.24) is 10.2 Å². The number of nitrogens with one attached hydrogen (secondary N) is 1. The zero-order valence-corrected chi connectivity index (χ0v) is 11.7. The number of amides is 2. The quantitative estimate of drug-likeness (QED) is 0.662. The fourth-order valence-electron chi connectivity index (χ4n) is 1.60. The molecule has 0 unspecified atom stereocenters. The Morgan fingerprint density at radius 3 is 2.17 bits per heavy atom. The van der Waals surface area contributed by atoms with Crippen molar-refractivity contribution in [3.05, 3.63) is 0 Å². The van der Waals surface area contributed by atoms with Crippen LogP contribution in [-0.2, 0) is 4.79 Å². The molecule has 0 aromatic heterocycles. The normalized spacial score (nSPS) is 13.3. The largest absolute Gasteiger partial charge is 0.480 e. The molecule has 0 aromatic rings. The SMILES string of the molecule is CC(C)C[C@@H](NC(=O)N(C)CC(C)(C)O)C(=O)O. The Hall–Kier alpha value is -1.30. The van der Waals surface area contributed by atoms with Crippen LogP contribution in [0.1, 0.15) is 34.1 Å². The van der Waals surface area contributed by atoms with Crippen molar-refractivity contribution in [2.45, 2.75) is 45.8 Å². The first-order valence-electron chi connectivity index (χ1n) is 5.99. The number of hydrogen-bond acceptors (Lipinski definition) is 3. The number of urea groups is 1. The molecule has 3 N–H and O–H groups in total. The molecule has 2 amide bonds. The van der Waals surface area contributed by atoms with Crippen molar-refractivity contribution in [2.24, 2.45) is 5.92 Å². The molecule has 0 bridgehead atoms. The van der Waals surface area contributed by atoms with Crippen molar-refractivity contribution in [3.63, 3.8) is 0 Å². The number of carbonyl (C=O) groups excluding carboxylic acids is 1. The van der Waals surface area contributed by atoms with E-state index in [0.29, 0.717) is 6.42 Å². The summed E-state index contributed by atoms with van der Waals surface area (Å²) in [7, 11) is 1.52. The predicted molar refractivity (Wildman–Crippen MR) is 68.3 cm³/mol. The third-order valence-electron chi connectivity index (χ3n) is 2.27. The van der Waals surface area contributed by atoms with Crippen LogP contribution >= 0.6 is 0 Å². The second kappa shape index (κ2) is 6.58. The van der Waals surface area contributed by atoms with Crippen LogP contribution in [0.3, 0.4) is 0 Å². The molecular weight excluding hydrogens is 236 g/mol. The van der Waals surface area contributed by atoms with E-state index in [1.807, 2.05) is 13.8 Å². The maximum Gasteiger partial charge on any atom is 0.326 e. The van der Waals surface area contributed by atoms with Gasteiger partial charge in [-0.25, -0.2) is 9.59 Å². The van der Waals surface area contributed by atoms with Crippen molar-refractivity contribution < 1.29 is 19.8 Å². The smallest absolute Gasteiger partial charge is 0.326 e. The fraction of sp³-hybridized carbons (Fsp3) is 0.833. The van der Waals surface area contributed by atoms with E-state index in [2.05, 4.69) is 5.32 Å². The molecule has 0 radical (unpaired) electrons. The van der Waals surface area contributed by atoms with Gasteiger partial charge in [-0.1, -0.05) is 13.8 Å². The first-order valence-corrected chi connectivity index (χ1v) is 5.99. The second-order valence-corrected chi connectivity index (χ2v) is 5.64. The second-order valence-electron chi connectivity index (χ2n) is 5.64. The lowest BCUT2D eigenvalue weighted by Gasteiger charge is -2.27. The van der Waals surface area contributed by atoms with E-state index < -0.39 is 23.6 Å². The van der Waals surface area contributed by atoms with E-state index in [-0.39, 0.29) is 12.5 Å². The summed E-state index contributed by atoms with van der Waals surface area (Å²) in [5.41, 5.74) is -1.01. The van der Waals surface area contributed by atoms with Gasteiger partial charge in [0.05, 0.1) is 12.1 Å². The molecule has 18 heavy (non-hydrogen) atoms. The molecule has 0 spiro atoms. The zero-order chi connectivity index (χ0) is 14.5. The summed E-state index contributed by atoms with van der Waals surface area (Å²) in [6.07, 6.45) is 0.372. The first-order chi connectivity index (χ1) is 8.03. The van der Waals surface area contributed by atoms with Gasteiger partial charge < -0.3 is 20.4 Å². The van der Waals surface area contributed by atoms with Gasteiger partial charge in [0.15, 0.2) is 0 Å². The molecular formula is C12H24N2O4. The van der Waals surface area contributed by atoms with Gasteiger partial charge in [0.2, 0.25) is 0 Å². The van der Waals surface area contributed by atoms with Gasteiger partial charge in [-0.3, -0.25) is 0 Å². The minimum atomic E-state index is -1.05. The summed E-state index contributed by atoms with van der Waals surface area (Å²) in [6.45, 7) is 7.08. The van der Waals surface area contributed by atoms with Gasteiger partial charge in [-0.05, 0) is 26.2 Å². The number of hydrogen-bond donors (Lipinski definition) is 3. The summed E-state index contributed by atoms with van der Waals surface area (Å²) in [6, 6.07) is -1.40. The molecule has 0 aliphatic heterocycles. The Kier molecular flexibility index (Phi) is 6.11. The van der Waals surface area contributed by atoms with Crippen LogP contribution in [-0.4, -0.2) is 52.3 Å². The number of nitrogens with zero attached hydrogens (tertiary/aromatic N) is 1. The standard InChI is InChI=1S/C12H24N2O4/c1-8(2)6-9(10(15)16)13-11(17)14(5)7-12(3,4)18/h8-9,18H,6-7H2,1-5H3,(H,13,17)(H,15,16)/t9-/m1/s1. The highest BCUT2D eigenvalue weighted by molar-refractivity contribution is 5.82. The van der Waals surface area contributed by atoms with Crippen molar-refractivity contribution in [2.75, 3.05) is 13.6 Å². The van der Waals surface area contributed by atoms with E-state index >= 15 is 0 Å². The molecule has 0 aliphatic carbocycles. The maximum absolute atomic E-state index is 11.8. The van der Waals surface area contributed by atoms with Crippen LogP contribution in [0, 0.1) is 5.92 Å². The molecule has 0 rings (SSSR count). The summed E-state index contributed by atoms with van der Waals surface area (Å²) < 4.78 is 0. The zero-order valence-electron chi connectivity index (χ0n) is 11.7. The van der Waals surface area contributed by atoms with Crippen LogP contribution in [0.5, 0.6) is 0 Å². The monoisotopic (exact) mass is 260 g/mol. The number of aliphatic hydroxyl groups is 1. The van der Waals surface area contributed by atoms with E-state index in [1.54, 1.807) is 13.8 Å².